The van der Waals surface area contributed by atoms with Crippen molar-refractivity contribution in [2.45, 2.75) is 52.1 Å². The predicted molar refractivity (Wildman–Crippen MR) is 91.9 cm³/mol. The second-order valence-electron chi connectivity index (χ2n) is 6.58. The van der Waals surface area contributed by atoms with E-state index in [4.69, 9.17) is 5.21 Å². The maximum atomic E-state index is 12.6. The third-order valence-corrected chi connectivity index (χ3v) is 4.49. The molecule has 2 rings (SSSR count). The van der Waals surface area contributed by atoms with Crippen molar-refractivity contribution in [2.24, 2.45) is 5.92 Å². The highest BCUT2D eigenvalue weighted by molar-refractivity contribution is 6.07. The number of nitrogens with zero attached hydrogens (tertiary/aromatic N) is 1. The molecule has 1 heterocycles. The minimum Gasteiger partial charge on any atom is -0.326 e. The second-order valence-corrected chi connectivity index (χ2v) is 6.58. The van der Waals surface area contributed by atoms with Gasteiger partial charge in [0.2, 0.25) is 0 Å². The molecule has 0 aliphatic carbocycles. The van der Waals surface area contributed by atoms with Crippen LogP contribution in [0.15, 0.2) is 24.3 Å². The molecule has 0 radical (unpaired) electrons. The van der Waals surface area contributed by atoms with Gasteiger partial charge in [0.05, 0.1) is 0 Å². The van der Waals surface area contributed by atoms with Gasteiger partial charge in [0.15, 0.2) is 0 Å². The number of hydrogen-bond acceptors (Lipinski definition) is 4. The van der Waals surface area contributed by atoms with E-state index in [1.165, 1.54) is 11.0 Å². The topological polar surface area (TPSA) is 98.7 Å². The molecule has 3 N–H and O–H groups in total. The zero-order valence-corrected chi connectivity index (χ0v) is 14.8. The molecule has 7 heteroatoms. The molecular weight excluding hydrogens is 322 g/mol. The standard InChI is InChI=1S/C18H25N3O4/c1-4-12-5-7-13(8-6-12)9-10-14-17(23)21(18(24)19-14)15(11(2)3)16(22)20-25/h5-8,11,14-15,25H,4,9-10H2,1-3H3,(H,19,24)(H,20,22)/t14-,15?/m0/s1. The van der Waals surface area contributed by atoms with Crippen LogP contribution in [0, 0.1) is 5.92 Å². The Morgan fingerprint density at radius 2 is 1.84 bits per heavy atom. The summed E-state index contributed by atoms with van der Waals surface area (Å²) in [5.74, 6) is -1.52. The summed E-state index contributed by atoms with van der Waals surface area (Å²) in [4.78, 5) is 37.5. The maximum Gasteiger partial charge on any atom is 0.325 e. The van der Waals surface area contributed by atoms with E-state index in [9.17, 15) is 14.4 Å². The molecular formula is C18H25N3O4. The Hall–Kier alpha value is -2.41. The lowest BCUT2D eigenvalue weighted by atomic mass is 10.0. The van der Waals surface area contributed by atoms with Crippen LogP contribution in [0.4, 0.5) is 4.79 Å². The van der Waals surface area contributed by atoms with Gasteiger partial charge in [-0.15, -0.1) is 0 Å². The zero-order chi connectivity index (χ0) is 18.6. The summed E-state index contributed by atoms with van der Waals surface area (Å²) >= 11 is 0. The number of carbonyl (C=O) groups excluding carboxylic acids is 3. The molecule has 0 saturated carbocycles. The lowest BCUT2D eigenvalue weighted by molar-refractivity contribution is -0.142. The van der Waals surface area contributed by atoms with Crippen molar-refractivity contribution >= 4 is 17.8 Å². The summed E-state index contributed by atoms with van der Waals surface area (Å²) < 4.78 is 0. The van der Waals surface area contributed by atoms with Crippen LogP contribution >= 0.6 is 0 Å². The van der Waals surface area contributed by atoms with Crippen LogP contribution < -0.4 is 10.8 Å². The van der Waals surface area contributed by atoms with Crippen LogP contribution in [0.2, 0.25) is 0 Å². The highest BCUT2D eigenvalue weighted by Crippen LogP contribution is 2.20. The largest absolute Gasteiger partial charge is 0.326 e. The van der Waals surface area contributed by atoms with Crippen LogP contribution in [0.1, 0.15) is 38.3 Å². The third-order valence-electron chi connectivity index (χ3n) is 4.49. The van der Waals surface area contributed by atoms with E-state index < -0.39 is 29.9 Å². The summed E-state index contributed by atoms with van der Waals surface area (Å²) in [5.41, 5.74) is 3.87. The van der Waals surface area contributed by atoms with Gasteiger partial charge in [-0.05, 0) is 36.3 Å². The number of amides is 4. The third kappa shape index (κ3) is 4.17. The van der Waals surface area contributed by atoms with Crippen molar-refractivity contribution in [3.8, 4) is 0 Å². The molecule has 1 saturated heterocycles. The first-order chi connectivity index (χ1) is 11.9. The van der Waals surface area contributed by atoms with Crippen LogP contribution in [-0.4, -0.2) is 40.0 Å². The number of aryl methyl sites for hydroxylation is 2. The van der Waals surface area contributed by atoms with Gasteiger partial charge < -0.3 is 5.32 Å². The molecule has 1 fully saturated rings. The van der Waals surface area contributed by atoms with Crippen molar-refractivity contribution in [3.63, 3.8) is 0 Å². The number of hydrogen-bond donors (Lipinski definition) is 3. The smallest absolute Gasteiger partial charge is 0.325 e. The molecule has 0 spiro atoms. The maximum absolute atomic E-state index is 12.6. The lowest BCUT2D eigenvalue weighted by Gasteiger charge is -2.26. The van der Waals surface area contributed by atoms with E-state index in [-0.39, 0.29) is 5.92 Å². The Morgan fingerprint density at radius 1 is 1.24 bits per heavy atom. The van der Waals surface area contributed by atoms with Gasteiger partial charge in [-0.2, -0.15) is 0 Å². The van der Waals surface area contributed by atoms with E-state index in [0.717, 1.165) is 16.9 Å². The van der Waals surface area contributed by atoms with Crippen molar-refractivity contribution in [1.29, 1.82) is 0 Å². The van der Waals surface area contributed by atoms with Gasteiger partial charge in [0, 0.05) is 0 Å². The fourth-order valence-electron chi connectivity index (χ4n) is 3.04. The second kappa shape index (κ2) is 8.11. The molecule has 136 valence electrons. The Balaban J connectivity index is 2.05. The Labute approximate surface area is 147 Å². The van der Waals surface area contributed by atoms with E-state index in [1.807, 2.05) is 12.1 Å². The first-order valence-electron chi connectivity index (χ1n) is 8.54. The van der Waals surface area contributed by atoms with Crippen molar-refractivity contribution < 1.29 is 19.6 Å². The molecule has 1 aliphatic heterocycles. The average Bonchev–Trinajstić information content (AvgIpc) is 2.88. The number of benzene rings is 1. The summed E-state index contributed by atoms with van der Waals surface area (Å²) in [7, 11) is 0. The van der Waals surface area contributed by atoms with E-state index in [0.29, 0.717) is 12.8 Å². The van der Waals surface area contributed by atoms with Crippen LogP contribution in [0.3, 0.4) is 0 Å². The Kier molecular flexibility index (Phi) is 6.14. The molecule has 7 nitrogen and oxygen atoms in total. The molecule has 25 heavy (non-hydrogen) atoms. The quantitative estimate of drug-likeness (QED) is 0.397. The van der Waals surface area contributed by atoms with Crippen molar-refractivity contribution in [1.82, 2.24) is 15.7 Å². The number of nitrogens with one attached hydrogen (secondary N) is 2. The molecule has 1 unspecified atom stereocenters. The summed E-state index contributed by atoms with van der Waals surface area (Å²) in [6.07, 6.45) is 2.07. The fourth-order valence-corrected chi connectivity index (χ4v) is 3.04. The van der Waals surface area contributed by atoms with E-state index in [2.05, 4.69) is 24.4 Å². The molecule has 1 aromatic carbocycles. The van der Waals surface area contributed by atoms with Crippen LogP contribution in [0.5, 0.6) is 0 Å². The molecule has 1 aromatic rings. The number of hydroxylamine groups is 1. The van der Waals surface area contributed by atoms with Gasteiger partial charge in [0.25, 0.3) is 11.8 Å². The van der Waals surface area contributed by atoms with E-state index in [1.54, 1.807) is 13.8 Å². The minimum absolute atomic E-state index is 0.317. The summed E-state index contributed by atoms with van der Waals surface area (Å²) in [6, 6.07) is 5.85. The fraction of sp³-hybridized carbons (Fsp3) is 0.500. The van der Waals surface area contributed by atoms with Gasteiger partial charge in [-0.25, -0.2) is 15.2 Å². The van der Waals surface area contributed by atoms with Gasteiger partial charge in [-0.3, -0.25) is 14.8 Å². The first kappa shape index (κ1) is 18.9. The van der Waals surface area contributed by atoms with Crippen molar-refractivity contribution in [2.75, 3.05) is 0 Å². The van der Waals surface area contributed by atoms with Gasteiger partial charge in [-0.1, -0.05) is 45.0 Å². The summed E-state index contributed by atoms with van der Waals surface area (Å²) in [5, 5.41) is 11.5. The van der Waals surface area contributed by atoms with Gasteiger partial charge in [0.1, 0.15) is 12.1 Å². The average molecular weight is 347 g/mol. The van der Waals surface area contributed by atoms with Crippen LogP contribution in [0.25, 0.3) is 0 Å². The SMILES string of the molecule is CCc1ccc(CC[C@@H]2NC(=O)N(C(C(=O)NO)C(C)C)C2=O)cc1. The van der Waals surface area contributed by atoms with Gasteiger partial charge >= 0.3 is 6.03 Å². The lowest BCUT2D eigenvalue weighted by Crippen LogP contribution is -2.52. The predicted octanol–water partition coefficient (Wildman–Crippen LogP) is 1.63. The van der Waals surface area contributed by atoms with Crippen molar-refractivity contribution in [3.05, 3.63) is 35.4 Å². The monoisotopic (exact) mass is 347 g/mol. The molecule has 2 atom stereocenters. The van der Waals surface area contributed by atoms with Crippen LogP contribution in [-0.2, 0) is 22.4 Å². The zero-order valence-electron chi connectivity index (χ0n) is 14.8. The number of rotatable bonds is 7. The summed E-state index contributed by atoms with van der Waals surface area (Å²) in [6.45, 7) is 5.51. The highest BCUT2D eigenvalue weighted by Gasteiger charge is 2.45. The number of urea groups is 1. The Morgan fingerprint density at radius 3 is 2.36 bits per heavy atom. The number of imide groups is 1. The molecule has 1 aliphatic rings. The molecule has 0 aromatic heterocycles. The highest BCUT2D eigenvalue weighted by atomic mass is 16.5. The molecule has 4 amide bonds. The number of carbonyl (C=O) groups is 3. The van der Waals surface area contributed by atoms with E-state index >= 15 is 0 Å². The minimum atomic E-state index is -1.04. The Bertz CT molecular complexity index is 642. The normalized spacial score (nSPS) is 18.4. The first-order valence-corrected chi connectivity index (χ1v) is 8.54. The molecule has 0 bridgehead atoms.